The van der Waals surface area contributed by atoms with Crippen LogP contribution in [0, 0.1) is 5.82 Å². The van der Waals surface area contributed by atoms with E-state index in [9.17, 15) is 19.1 Å². The van der Waals surface area contributed by atoms with Crippen molar-refractivity contribution in [1.29, 1.82) is 0 Å². The molecule has 0 unspecified atom stereocenters. The summed E-state index contributed by atoms with van der Waals surface area (Å²) in [5, 5.41) is 15.2. The summed E-state index contributed by atoms with van der Waals surface area (Å²) in [6.45, 7) is 6.36. The smallest absolute Gasteiger partial charge is 0.358 e. The minimum Gasteiger partial charge on any atom is -0.488 e. The summed E-state index contributed by atoms with van der Waals surface area (Å²) in [6, 6.07) is 10.7. The van der Waals surface area contributed by atoms with E-state index in [1.807, 2.05) is 9.80 Å². The molecule has 3 aromatic rings. The Bertz CT molecular complexity index is 1390. The van der Waals surface area contributed by atoms with Gasteiger partial charge in [0, 0.05) is 43.1 Å². The van der Waals surface area contributed by atoms with Crippen molar-refractivity contribution in [1.82, 2.24) is 9.97 Å². The molecule has 3 N–H and O–H groups in total. The lowest BCUT2D eigenvalue weighted by molar-refractivity contribution is 0.0685. The fraction of sp³-hybridized carbons (Fsp3) is 0.357. The molecule has 5 rings (SSSR count). The first-order valence-corrected chi connectivity index (χ1v) is 13.3. The Kier molecular flexibility index (Phi) is 8.75. The average molecular weight is 567 g/mol. The van der Waals surface area contributed by atoms with E-state index in [1.54, 1.807) is 43.3 Å². The first-order valence-electron chi connectivity index (χ1n) is 13.3. The number of ether oxygens (including phenoxy) is 3. The van der Waals surface area contributed by atoms with Crippen molar-refractivity contribution in [2.24, 2.45) is 0 Å². The number of aromatic nitrogens is 2. The molecule has 0 aliphatic carbocycles. The van der Waals surface area contributed by atoms with Crippen LogP contribution in [0.4, 0.5) is 32.1 Å². The lowest BCUT2D eigenvalue weighted by Crippen LogP contribution is -2.37. The number of anilines is 4. The number of hydrogen-bond donors (Lipinski definition) is 3. The summed E-state index contributed by atoms with van der Waals surface area (Å²) in [4.78, 5) is 37.4. The number of nitrogens with zero attached hydrogens (tertiary/aromatic N) is 4. The van der Waals surface area contributed by atoms with Crippen molar-refractivity contribution in [3.63, 3.8) is 0 Å². The molecule has 12 nitrogen and oxygen atoms in total. The molecule has 2 aliphatic heterocycles. The molecule has 0 saturated carbocycles. The second-order valence-corrected chi connectivity index (χ2v) is 9.31. The van der Waals surface area contributed by atoms with E-state index in [-0.39, 0.29) is 23.9 Å². The van der Waals surface area contributed by atoms with Crippen LogP contribution in [-0.4, -0.2) is 86.3 Å². The second kappa shape index (κ2) is 12.8. The van der Waals surface area contributed by atoms with Crippen molar-refractivity contribution in [3.8, 4) is 17.1 Å². The Balaban J connectivity index is 1.30. The summed E-state index contributed by atoms with van der Waals surface area (Å²) in [5.74, 6) is -0.933. The Morgan fingerprint density at radius 3 is 2.15 bits per heavy atom. The highest BCUT2D eigenvalue weighted by Gasteiger charge is 2.26. The maximum absolute atomic E-state index is 14.7. The molecule has 0 bridgehead atoms. The fourth-order valence-electron chi connectivity index (χ4n) is 4.62. The van der Waals surface area contributed by atoms with E-state index >= 15 is 0 Å². The van der Waals surface area contributed by atoms with E-state index < -0.39 is 17.8 Å². The third-order valence-electron chi connectivity index (χ3n) is 6.61. The van der Waals surface area contributed by atoms with Crippen molar-refractivity contribution in [3.05, 3.63) is 54.0 Å². The molecular weight excluding hydrogens is 535 g/mol. The number of carbonyl (C=O) groups is 2. The van der Waals surface area contributed by atoms with Gasteiger partial charge in [-0.1, -0.05) is 0 Å². The molecule has 2 aromatic carbocycles. The monoisotopic (exact) mass is 566 g/mol. The molecule has 216 valence electrons. The number of carboxylic acid groups (broad SMARTS) is 1. The van der Waals surface area contributed by atoms with Gasteiger partial charge in [0.1, 0.15) is 5.82 Å². The minimum absolute atomic E-state index is 0.120. The van der Waals surface area contributed by atoms with Gasteiger partial charge < -0.3 is 39.8 Å². The van der Waals surface area contributed by atoms with Crippen LogP contribution in [0.25, 0.3) is 11.4 Å². The molecule has 2 saturated heterocycles. The Morgan fingerprint density at radius 1 is 0.927 bits per heavy atom. The van der Waals surface area contributed by atoms with Gasteiger partial charge in [0.05, 0.1) is 38.7 Å². The largest absolute Gasteiger partial charge is 0.488 e. The van der Waals surface area contributed by atoms with Crippen LogP contribution in [0.15, 0.2) is 42.5 Å². The number of morpholine rings is 2. The average Bonchev–Trinajstić information content (AvgIpc) is 2.98. The van der Waals surface area contributed by atoms with Crippen molar-refractivity contribution < 1.29 is 33.3 Å². The topological polar surface area (TPSA) is 138 Å². The molecule has 0 atom stereocenters. The zero-order valence-electron chi connectivity index (χ0n) is 22.6. The SMILES string of the molecule is CCOc1c(C(=O)O)nc(-c2ccc(NC(=O)Nc3ccc(N4CCOCC4)c(F)c3)cc2)nc1N1CCOCC1. The van der Waals surface area contributed by atoms with E-state index in [0.717, 1.165) is 0 Å². The van der Waals surface area contributed by atoms with Gasteiger partial charge in [-0.2, -0.15) is 0 Å². The Labute approximate surface area is 236 Å². The fourth-order valence-corrected chi connectivity index (χ4v) is 4.62. The first kappa shape index (κ1) is 28.1. The van der Waals surface area contributed by atoms with Gasteiger partial charge in [-0.05, 0) is 49.4 Å². The van der Waals surface area contributed by atoms with Gasteiger partial charge in [-0.3, -0.25) is 0 Å². The summed E-state index contributed by atoms with van der Waals surface area (Å²) in [5.41, 5.74) is 1.57. The highest BCUT2D eigenvalue weighted by Crippen LogP contribution is 2.33. The van der Waals surface area contributed by atoms with Gasteiger partial charge >= 0.3 is 12.0 Å². The normalized spacial score (nSPS) is 15.4. The molecule has 0 spiro atoms. The number of aromatic carboxylic acids is 1. The van der Waals surface area contributed by atoms with Crippen molar-refractivity contribution in [2.45, 2.75) is 6.92 Å². The van der Waals surface area contributed by atoms with E-state index in [0.29, 0.717) is 81.1 Å². The number of carboxylic acids is 1. The number of rotatable bonds is 8. The van der Waals surface area contributed by atoms with Crippen LogP contribution in [0.3, 0.4) is 0 Å². The predicted octanol–water partition coefficient (Wildman–Crippen LogP) is 3.70. The van der Waals surface area contributed by atoms with Crippen LogP contribution in [-0.2, 0) is 9.47 Å². The third kappa shape index (κ3) is 6.64. The molecule has 41 heavy (non-hydrogen) atoms. The first-order chi connectivity index (χ1) is 19.9. The van der Waals surface area contributed by atoms with Crippen LogP contribution in [0.5, 0.6) is 5.75 Å². The number of nitrogens with one attached hydrogen (secondary N) is 2. The van der Waals surface area contributed by atoms with Crippen molar-refractivity contribution in [2.75, 3.05) is 79.6 Å². The second-order valence-electron chi connectivity index (χ2n) is 9.31. The standard InChI is InChI=1S/C28H31FN6O6/c1-2-41-24-23(27(36)37)32-25(33-26(24)35-11-15-40-16-12-35)18-3-5-19(6-4-18)30-28(38)31-20-7-8-22(21(29)17-20)34-9-13-39-14-10-34/h3-8,17H,2,9-16H2,1H3,(H,36,37)(H2,30,31,38). The van der Waals surface area contributed by atoms with E-state index in [4.69, 9.17) is 14.2 Å². The van der Waals surface area contributed by atoms with Crippen LogP contribution >= 0.6 is 0 Å². The summed E-state index contributed by atoms with van der Waals surface area (Å²) in [7, 11) is 0. The van der Waals surface area contributed by atoms with Crippen molar-refractivity contribution >= 4 is 34.9 Å². The molecule has 2 aliphatic rings. The van der Waals surface area contributed by atoms with Gasteiger partial charge in [0.2, 0.25) is 0 Å². The zero-order chi connectivity index (χ0) is 28.8. The molecular formula is C28H31FN6O6. The highest BCUT2D eigenvalue weighted by molar-refractivity contribution is 6.00. The number of halogens is 1. The number of benzene rings is 2. The molecule has 3 heterocycles. The van der Waals surface area contributed by atoms with Gasteiger partial charge in [-0.15, -0.1) is 0 Å². The number of hydrogen-bond acceptors (Lipinski definition) is 9. The maximum Gasteiger partial charge on any atom is 0.358 e. The maximum atomic E-state index is 14.7. The lowest BCUT2D eigenvalue weighted by atomic mass is 10.2. The van der Waals surface area contributed by atoms with Gasteiger partial charge in [-0.25, -0.2) is 23.9 Å². The third-order valence-corrected chi connectivity index (χ3v) is 6.61. The Hall–Kier alpha value is -4.49. The summed E-state index contributed by atoms with van der Waals surface area (Å²) < 4.78 is 31.1. The van der Waals surface area contributed by atoms with E-state index in [1.165, 1.54) is 6.07 Å². The highest BCUT2D eigenvalue weighted by atomic mass is 19.1. The number of urea groups is 1. The lowest BCUT2D eigenvalue weighted by Gasteiger charge is -2.29. The Morgan fingerprint density at radius 2 is 1.54 bits per heavy atom. The zero-order valence-corrected chi connectivity index (χ0v) is 22.6. The number of carbonyl (C=O) groups excluding carboxylic acids is 1. The quantitative estimate of drug-likeness (QED) is 0.370. The van der Waals surface area contributed by atoms with Gasteiger partial charge in [0.15, 0.2) is 23.1 Å². The molecule has 0 radical (unpaired) electrons. The van der Waals surface area contributed by atoms with Crippen LogP contribution in [0.2, 0.25) is 0 Å². The molecule has 13 heteroatoms. The molecule has 2 fully saturated rings. The number of amides is 2. The van der Waals surface area contributed by atoms with Crippen LogP contribution < -0.4 is 25.2 Å². The summed E-state index contributed by atoms with van der Waals surface area (Å²) in [6.07, 6.45) is 0. The van der Waals surface area contributed by atoms with Crippen LogP contribution in [0.1, 0.15) is 17.4 Å². The van der Waals surface area contributed by atoms with Gasteiger partial charge in [0.25, 0.3) is 0 Å². The van der Waals surface area contributed by atoms with E-state index in [2.05, 4.69) is 20.6 Å². The molecule has 1 aromatic heterocycles. The predicted molar refractivity (Wildman–Crippen MR) is 151 cm³/mol. The summed E-state index contributed by atoms with van der Waals surface area (Å²) >= 11 is 0. The minimum atomic E-state index is -1.23. The molecule has 2 amide bonds.